The molecule has 134 valence electrons. The Hall–Kier alpha value is -3.65. The number of allylic oxidation sites excluding steroid dienone is 2. The summed E-state index contributed by atoms with van der Waals surface area (Å²) < 4.78 is 10.9. The van der Waals surface area contributed by atoms with Crippen molar-refractivity contribution in [2.45, 2.75) is 20.3 Å². The molecule has 0 aliphatic carbocycles. The molecule has 0 N–H and O–H groups in total. The largest absolute Gasteiger partial charge is 0.422 e. The molecule has 3 aromatic rings. The molecule has 5 heteroatoms. The fraction of sp³-hybridized carbons (Fsp3) is 0.136. The van der Waals surface area contributed by atoms with E-state index in [2.05, 4.69) is 0 Å². The molecule has 0 amide bonds. The van der Waals surface area contributed by atoms with E-state index in [1.807, 2.05) is 26.0 Å². The molecule has 0 bridgehead atoms. The van der Waals surface area contributed by atoms with Crippen LogP contribution in [0.1, 0.15) is 35.3 Å². The molecule has 0 atom stereocenters. The van der Waals surface area contributed by atoms with Crippen LogP contribution in [0.15, 0.2) is 69.4 Å². The molecular formula is C22H17NO4. The third kappa shape index (κ3) is 4.13. The summed E-state index contributed by atoms with van der Waals surface area (Å²) in [6.07, 6.45) is 2.42. The van der Waals surface area contributed by atoms with E-state index in [1.165, 1.54) is 12.1 Å². The Bertz CT molecular complexity index is 1140. The van der Waals surface area contributed by atoms with Crippen molar-refractivity contribution in [3.8, 4) is 11.8 Å². The number of esters is 1. The number of nitriles is 1. The second-order valence-corrected chi connectivity index (χ2v) is 6.28. The maximum atomic E-state index is 12.5. The standard InChI is InChI=1S/C22H17NO4/c1-14(2)6-9-18-19(10-7-16-8-11-20(24)27-21(16)18)26-22(25)17-5-3-4-15(12-17)13-23/h3-8,10-12H,9H2,1-2H3. The highest BCUT2D eigenvalue weighted by Crippen LogP contribution is 2.29. The number of carbonyl (C=O) groups is 1. The zero-order valence-corrected chi connectivity index (χ0v) is 15.0. The van der Waals surface area contributed by atoms with Crippen LogP contribution in [0.2, 0.25) is 0 Å². The molecule has 0 unspecified atom stereocenters. The van der Waals surface area contributed by atoms with E-state index >= 15 is 0 Å². The second kappa shape index (κ2) is 7.71. The number of hydrogen-bond acceptors (Lipinski definition) is 5. The first-order valence-electron chi connectivity index (χ1n) is 8.39. The van der Waals surface area contributed by atoms with Gasteiger partial charge in [-0.15, -0.1) is 0 Å². The quantitative estimate of drug-likeness (QED) is 0.299. The summed E-state index contributed by atoms with van der Waals surface area (Å²) in [4.78, 5) is 24.2. The van der Waals surface area contributed by atoms with Crippen molar-refractivity contribution in [3.05, 3.63) is 87.3 Å². The summed E-state index contributed by atoms with van der Waals surface area (Å²) in [6, 6.07) is 14.7. The minimum Gasteiger partial charge on any atom is -0.422 e. The first kappa shape index (κ1) is 18.2. The summed E-state index contributed by atoms with van der Waals surface area (Å²) >= 11 is 0. The molecule has 5 nitrogen and oxygen atoms in total. The smallest absolute Gasteiger partial charge is 0.343 e. The Kier molecular flexibility index (Phi) is 5.18. The van der Waals surface area contributed by atoms with E-state index in [0.29, 0.717) is 28.9 Å². The molecule has 0 saturated carbocycles. The third-order valence-electron chi connectivity index (χ3n) is 3.99. The summed E-state index contributed by atoms with van der Waals surface area (Å²) in [5, 5.41) is 9.74. The highest BCUT2D eigenvalue weighted by atomic mass is 16.5. The molecule has 1 heterocycles. The molecular weight excluding hydrogens is 342 g/mol. The number of fused-ring (bicyclic) bond motifs is 1. The van der Waals surface area contributed by atoms with Crippen molar-refractivity contribution in [3.63, 3.8) is 0 Å². The van der Waals surface area contributed by atoms with Crippen molar-refractivity contribution in [1.82, 2.24) is 0 Å². The monoisotopic (exact) mass is 359 g/mol. The lowest BCUT2D eigenvalue weighted by atomic mass is 10.1. The maximum Gasteiger partial charge on any atom is 0.343 e. The van der Waals surface area contributed by atoms with Gasteiger partial charge < -0.3 is 9.15 Å². The number of benzene rings is 2. The van der Waals surface area contributed by atoms with Gasteiger partial charge in [0.15, 0.2) is 0 Å². The molecule has 0 aliphatic heterocycles. The van der Waals surface area contributed by atoms with Crippen molar-refractivity contribution < 1.29 is 13.9 Å². The van der Waals surface area contributed by atoms with Gasteiger partial charge in [-0.1, -0.05) is 17.7 Å². The van der Waals surface area contributed by atoms with Crippen LogP contribution in [0.5, 0.6) is 5.75 Å². The lowest BCUT2D eigenvalue weighted by Crippen LogP contribution is -2.10. The predicted molar refractivity (Wildman–Crippen MR) is 102 cm³/mol. The maximum absolute atomic E-state index is 12.5. The van der Waals surface area contributed by atoms with Gasteiger partial charge in [-0.05, 0) is 56.7 Å². The van der Waals surface area contributed by atoms with Gasteiger partial charge in [0.2, 0.25) is 0 Å². The van der Waals surface area contributed by atoms with E-state index in [4.69, 9.17) is 14.4 Å². The van der Waals surface area contributed by atoms with Gasteiger partial charge in [0.1, 0.15) is 11.3 Å². The molecule has 0 saturated heterocycles. The Morgan fingerprint density at radius 3 is 2.70 bits per heavy atom. The van der Waals surface area contributed by atoms with Crippen molar-refractivity contribution in [1.29, 1.82) is 5.26 Å². The van der Waals surface area contributed by atoms with Crippen LogP contribution in [-0.4, -0.2) is 5.97 Å². The average molecular weight is 359 g/mol. The van der Waals surface area contributed by atoms with Gasteiger partial charge in [0, 0.05) is 17.0 Å². The van der Waals surface area contributed by atoms with E-state index < -0.39 is 11.6 Å². The van der Waals surface area contributed by atoms with Crippen LogP contribution < -0.4 is 10.4 Å². The SMILES string of the molecule is CC(C)=CCc1c(OC(=O)c2cccc(C#N)c2)ccc2ccc(=O)oc12. The van der Waals surface area contributed by atoms with E-state index in [-0.39, 0.29) is 5.56 Å². The van der Waals surface area contributed by atoms with Gasteiger partial charge in [-0.25, -0.2) is 9.59 Å². The topological polar surface area (TPSA) is 80.3 Å². The molecule has 2 aromatic carbocycles. The van der Waals surface area contributed by atoms with Crippen molar-refractivity contribution in [2.24, 2.45) is 0 Å². The zero-order chi connectivity index (χ0) is 19.4. The number of rotatable bonds is 4. The van der Waals surface area contributed by atoms with Crippen LogP contribution in [0.25, 0.3) is 11.0 Å². The molecule has 0 aliphatic rings. The van der Waals surface area contributed by atoms with Gasteiger partial charge >= 0.3 is 11.6 Å². The number of ether oxygens (including phenoxy) is 1. The lowest BCUT2D eigenvalue weighted by Gasteiger charge is -2.11. The minimum absolute atomic E-state index is 0.275. The van der Waals surface area contributed by atoms with Crippen LogP contribution in [0.3, 0.4) is 0 Å². The normalized spacial score (nSPS) is 10.3. The summed E-state index contributed by atoms with van der Waals surface area (Å²) in [5.74, 6) is -0.259. The van der Waals surface area contributed by atoms with Gasteiger partial charge in [-0.2, -0.15) is 5.26 Å². The molecule has 1 aromatic heterocycles. The zero-order valence-electron chi connectivity index (χ0n) is 15.0. The number of nitrogens with zero attached hydrogens (tertiary/aromatic N) is 1. The van der Waals surface area contributed by atoms with E-state index in [9.17, 15) is 9.59 Å². The van der Waals surface area contributed by atoms with Crippen LogP contribution >= 0.6 is 0 Å². The summed E-state index contributed by atoms with van der Waals surface area (Å²) in [5.41, 5.74) is 2.29. The van der Waals surface area contributed by atoms with Crippen LogP contribution in [0.4, 0.5) is 0 Å². The number of carbonyl (C=O) groups excluding carboxylic acids is 1. The fourth-order valence-electron chi connectivity index (χ4n) is 2.64. The first-order chi connectivity index (χ1) is 13.0. The van der Waals surface area contributed by atoms with E-state index in [1.54, 1.807) is 36.4 Å². The molecule has 0 fully saturated rings. The van der Waals surface area contributed by atoms with Crippen LogP contribution in [0, 0.1) is 11.3 Å². The van der Waals surface area contributed by atoms with Crippen molar-refractivity contribution >= 4 is 16.9 Å². The lowest BCUT2D eigenvalue weighted by molar-refractivity contribution is 0.0733. The first-order valence-corrected chi connectivity index (χ1v) is 8.39. The number of hydrogen-bond donors (Lipinski definition) is 0. The summed E-state index contributed by atoms with van der Waals surface area (Å²) in [6.45, 7) is 3.92. The minimum atomic E-state index is -0.580. The van der Waals surface area contributed by atoms with Gasteiger partial charge in [0.05, 0.1) is 17.2 Å². The van der Waals surface area contributed by atoms with Crippen molar-refractivity contribution in [2.75, 3.05) is 0 Å². The third-order valence-corrected chi connectivity index (χ3v) is 3.99. The van der Waals surface area contributed by atoms with Gasteiger partial charge in [0.25, 0.3) is 0 Å². The Morgan fingerprint density at radius 2 is 1.96 bits per heavy atom. The highest BCUT2D eigenvalue weighted by Gasteiger charge is 2.16. The Balaban J connectivity index is 2.06. The molecule has 0 spiro atoms. The van der Waals surface area contributed by atoms with E-state index in [0.717, 1.165) is 11.0 Å². The molecule has 27 heavy (non-hydrogen) atoms. The Labute approximate surface area is 156 Å². The second-order valence-electron chi connectivity index (χ2n) is 6.28. The molecule has 3 rings (SSSR count). The van der Waals surface area contributed by atoms with Gasteiger partial charge in [-0.3, -0.25) is 0 Å². The highest BCUT2D eigenvalue weighted by molar-refractivity contribution is 5.92. The average Bonchev–Trinajstić information content (AvgIpc) is 2.66. The molecule has 0 radical (unpaired) electrons. The Morgan fingerprint density at radius 1 is 1.19 bits per heavy atom. The predicted octanol–water partition coefficient (Wildman–Crippen LogP) is 4.39. The summed E-state index contributed by atoms with van der Waals surface area (Å²) in [7, 11) is 0. The fourth-order valence-corrected chi connectivity index (χ4v) is 2.64. The van der Waals surface area contributed by atoms with Crippen LogP contribution in [-0.2, 0) is 6.42 Å².